The lowest BCUT2D eigenvalue weighted by atomic mass is 10.1. The van der Waals surface area contributed by atoms with Gasteiger partial charge >= 0.3 is 0 Å². The minimum Gasteiger partial charge on any atom is -0.312 e. The molecule has 0 spiro atoms. The van der Waals surface area contributed by atoms with Crippen molar-refractivity contribution in [3.8, 4) is 11.3 Å². The highest BCUT2D eigenvalue weighted by molar-refractivity contribution is 5.58. The summed E-state index contributed by atoms with van der Waals surface area (Å²) in [5, 5.41) is 11.2. The predicted molar refractivity (Wildman–Crippen MR) is 57.3 cm³/mol. The quantitative estimate of drug-likeness (QED) is 0.824. The molecular formula is C11H11FN4. The molecule has 1 saturated heterocycles. The molecule has 3 rings (SSSR count). The minimum absolute atomic E-state index is 0.263. The lowest BCUT2D eigenvalue weighted by Crippen LogP contribution is -2.43. The van der Waals surface area contributed by atoms with E-state index in [4.69, 9.17) is 0 Å². The van der Waals surface area contributed by atoms with Crippen molar-refractivity contribution >= 4 is 0 Å². The summed E-state index contributed by atoms with van der Waals surface area (Å²) in [6, 6.07) is 6.96. The fraction of sp³-hybridized carbons (Fsp3) is 0.273. The summed E-state index contributed by atoms with van der Waals surface area (Å²) in [7, 11) is 0. The third kappa shape index (κ3) is 1.49. The first kappa shape index (κ1) is 9.47. The SMILES string of the molecule is Fc1ccccc1-c1cn(C2CNC2)nn1. The van der Waals surface area contributed by atoms with E-state index < -0.39 is 0 Å². The van der Waals surface area contributed by atoms with Gasteiger partial charge in [-0.05, 0) is 12.1 Å². The fourth-order valence-electron chi connectivity index (χ4n) is 1.71. The van der Waals surface area contributed by atoms with Crippen LogP contribution in [0.4, 0.5) is 4.39 Å². The highest BCUT2D eigenvalue weighted by atomic mass is 19.1. The summed E-state index contributed by atoms with van der Waals surface area (Å²) >= 11 is 0. The number of aromatic nitrogens is 3. The summed E-state index contributed by atoms with van der Waals surface area (Å²) < 4.78 is 15.3. The van der Waals surface area contributed by atoms with Crippen LogP contribution in [0.2, 0.25) is 0 Å². The van der Waals surface area contributed by atoms with Crippen molar-refractivity contribution < 1.29 is 4.39 Å². The van der Waals surface area contributed by atoms with Crippen LogP contribution in [-0.2, 0) is 0 Å². The Labute approximate surface area is 92.1 Å². The van der Waals surface area contributed by atoms with E-state index in [0.29, 0.717) is 17.3 Å². The number of nitrogens with one attached hydrogen (secondary N) is 1. The Kier molecular flexibility index (Phi) is 2.18. The van der Waals surface area contributed by atoms with Crippen molar-refractivity contribution in [1.82, 2.24) is 20.3 Å². The van der Waals surface area contributed by atoms with Crippen molar-refractivity contribution in [2.45, 2.75) is 6.04 Å². The van der Waals surface area contributed by atoms with Gasteiger partial charge in [-0.2, -0.15) is 0 Å². The second-order valence-corrected chi connectivity index (χ2v) is 3.88. The van der Waals surface area contributed by atoms with Gasteiger partial charge in [0, 0.05) is 18.7 Å². The average molecular weight is 218 g/mol. The smallest absolute Gasteiger partial charge is 0.132 e. The Hall–Kier alpha value is -1.75. The van der Waals surface area contributed by atoms with Crippen LogP contribution in [0.1, 0.15) is 6.04 Å². The molecule has 82 valence electrons. The molecule has 5 heteroatoms. The molecule has 0 bridgehead atoms. The van der Waals surface area contributed by atoms with E-state index in [9.17, 15) is 4.39 Å². The van der Waals surface area contributed by atoms with Crippen LogP contribution in [0.3, 0.4) is 0 Å². The van der Waals surface area contributed by atoms with Crippen LogP contribution in [0.25, 0.3) is 11.3 Å². The number of nitrogens with zero attached hydrogens (tertiary/aromatic N) is 3. The molecule has 1 aliphatic heterocycles. The lowest BCUT2D eigenvalue weighted by molar-refractivity contribution is 0.313. The van der Waals surface area contributed by atoms with Gasteiger partial charge in [-0.3, -0.25) is 0 Å². The first-order valence-corrected chi connectivity index (χ1v) is 5.22. The van der Waals surface area contributed by atoms with Crippen molar-refractivity contribution in [2.24, 2.45) is 0 Å². The minimum atomic E-state index is -0.263. The van der Waals surface area contributed by atoms with Crippen LogP contribution < -0.4 is 5.32 Å². The molecule has 1 aliphatic rings. The highest BCUT2D eigenvalue weighted by Crippen LogP contribution is 2.21. The second-order valence-electron chi connectivity index (χ2n) is 3.88. The number of rotatable bonds is 2. The van der Waals surface area contributed by atoms with Gasteiger partial charge in [-0.1, -0.05) is 17.3 Å². The summed E-state index contributed by atoms with van der Waals surface area (Å²) in [4.78, 5) is 0. The van der Waals surface area contributed by atoms with Gasteiger partial charge < -0.3 is 5.32 Å². The Morgan fingerprint density at radius 3 is 2.81 bits per heavy atom. The van der Waals surface area contributed by atoms with Gasteiger partial charge in [0.15, 0.2) is 0 Å². The molecule has 0 atom stereocenters. The summed E-state index contributed by atoms with van der Waals surface area (Å²) in [6.45, 7) is 1.81. The third-order valence-electron chi connectivity index (χ3n) is 2.79. The average Bonchev–Trinajstić information content (AvgIpc) is 2.65. The number of halogens is 1. The van der Waals surface area contributed by atoms with Crippen LogP contribution in [0.15, 0.2) is 30.5 Å². The summed E-state index contributed by atoms with van der Waals surface area (Å²) in [5.41, 5.74) is 1.09. The van der Waals surface area contributed by atoms with Crippen LogP contribution >= 0.6 is 0 Å². The van der Waals surface area contributed by atoms with E-state index >= 15 is 0 Å². The van der Waals surface area contributed by atoms with E-state index in [2.05, 4.69) is 15.6 Å². The van der Waals surface area contributed by atoms with Crippen molar-refractivity contribution in [3.05, 3.63) is 36.3 Å². The van der Waals surface area contributed by atoms with Crippen LogP contribution in [-0.4, -0.2) is 28.1 Å². The van der Waals surface area contributed by atoms with Crippen LogP contribution in [0.5, 0.6) is 0 Å². The van der Waals surface area contributed by atoms with E-state index in [0.717, 1.165) is 13.1 Å². The highest BCUT2D eigenvalue weighted by Gasteiger charge is 2.20. The molecule has 1 fully saturated rings. The Morgan fingerprint density at radius 1 is 1.31 bits per heavy atom. The molecule has 2 aromatic rings. The number of benzene rings is 1. The van der Waals surface area contributed by atoms with Gasteiger partial charge in [-0.25, -0.2) is 9.07 Å². The maximum absolute atomic E-state index is 13.5. The zero-order chi connectivity index (χ0) is 11.0. The second kappa shape index (κ2) is 3.68. The Morgan fingerprint density at radius 2 is 2.12 bits per heavy atom. The monoisotopic (exact) mass is 218 g/mol. The molecule has 4 nitrogen and oxygen atoms in total. The normalized spacial score (nSPS) is 16.1. The Bertz CT molecular complexity index is 504. The van der Waals surface area contributed by atoms with E-state index in [1.807, 2.05) is 0 Å². The van der Waals surface area contributed by atoms with Crippen LogP contribution in [0, 0.1) is 5.82 Å². The lowest BCUT2D eigenvalue weighted by Gasteiger charge is -2.26. The zero-order valence-electron chi connectivity index (χ0n) is 8.60. The molecular weight excluding hydrogens is 207 g/mol. The van der Waals surface area contributed by atoms with E-state index in [1.54, 1.807) is 29.1 Å². The van der Waals surface area contributed by atoms with E-state index in [-0.39, 0.29) is 5.82 Å². The number of hydrogen-bond acceptors (Lipinski definition) is 3. The maximum atomic E-state index is 13.5. The molecule has 1 aromatic carbocycles. The molecule has 0 amide bonds. The van der Waals surface area contributed by atoms with E-state index in [1.165, 1.54) is 6.07 Å². The van der Waals surface area contributed by atoms with Gasteiger partial charge in [0.2, 0.25) is 0 Å². The fourth-order valence-corrected chi connectivity index (χ4v) is 1.71. The standard InChI is InChI=1S/C11H11FN4/c12-10-4-2-1-3-9(10)11-7-16(15-14-11)8-5-13-6-8/h1-4,7-8,13H,5-6H2. The first-order valence-electron chi connectivity index (χ1n) is 5.22. The Balaban J connectivity index is 1.95. The zero-order valence-corrected chi connectivity index (χ0v) is 8.60. The third-order valence-corrected chi connectivity index (χ3v) is 2.79. The molecule has 0 unspecified atom stereocenters. The predicted octanol–water partition coefficient (Wildman–Crippen LogP) is 1.23. The van der Waals surface area contributed by atoms with Gasteiger partial charge in [-0.15, -0.1) is 5.10 Å². The largest absolute Gasteiger partial charge is 0.312 e. The van der Waals surface area contributed by atoms with Gasteiger partial charge in [0.05, 0.1) is 12.2 Å². The van der Waals surface area contributed by atoms with Gasteiger partial charge in [0.1, 0.15) is 11.5 Å². The molecule has 1 N–H and O–H groups in total. The summed E-state index contributed by atoms with van der Waals surface area (Å²) in [6.07, 6.45) is 1.80. The molecule has 2 heterocycles. The molecule has 0 saturated carbocycles. The molecule has 0 radical (unpaired) electrons. The topological polar surface area (TPSA) is 42.7 Å². The maximum Gasteiger partial charge on any atom is 0.132 e. The summed E-state index contributed by atoms with van der Waals surface area (Å²) in [5.74, 6) is -0.263. The van der Waals surface area contributed by atoms with Gasteiger partial charge in [0.25, 0.3) is 0 Å². The molecule has 1 aromatic heterocycles. The van der Waals surface area contributed by atoms with Crippen molar-refractivity contribution in [2.75, 3.05) is 13.1 Å². The van der Waals surface area contributed by atoms with Crippen molar-refractivity contribution in [3.63, 3.8) is 0 Å². The first-order chi connectivity index (χ1) is 7.84. The molecule has 16 heavy (non-hydrogen) atoms. The van der Waals surface area contributed by atoms with Crippen molar-refractivity contribution in [1.29, 1.82) is 0 Å². The molecule has 0 aliphatic carbocycles. The number of hydrogen-bond donors (Lipinski definition) is 1.